The Bertz CT molecular complexity index is 3100. The summed E-state index contributed by atoms with van der Waals surface area (Å²) in [6.45, 7) is 6.89. The second-order valence-corrected chi connectivity index (χ2v) is 15.4. The fourth-order valence-corrected chi connectivity index (χ4v) is 8.91. The third-order valence-electron chi connectivity index (χ3n) is 11.4. The molecule has 11 rings (SSSR count). The molecule has 0 heteroatoms. The second-order valence-electron chi connectivity index (χ2n) is 15.4. The van der Waals surface area contributed by atoms with E-state index in [1.54, 1.807) is 0 Å². The van der Waals surface area contributed by atoms with Crippen LogP contribution in [0.3, 0.4) is 0 Å². The van der Waals surface area contributed by atoms with Crippen LogP contribution < -0.4 is 0 Å². The lowest BCUT2D eigenvalue weighted by Gasteiger charge is -2.21. The van der Waals surface area contributed by atoms with E-state index < -0.39 is 0 Å². The van der Waals surface area contributed by atoms with E-state index >= 15 is 0 Å². The van der Waals surface area contributed by atoms with Gasteiger partial charge in [0.15, 0.2) is 0 Å². The van der Waals surface area contributed by atoms with Crippen molar-refractivity contribution in [3.05, 3.63) is 157 Å². The predicted molar refractivity (Wildman–Crippen MR) is 218 cm³/mol. The maximum atomic E-state index is 2.39. The zero-order valence-electron chi connectivity index (χ0n) is 28.4. The highest BCUT2D eigenvalue weighted by atomic mass is 14.2. The SMILES string of the molecule is CC(C)(C)c1cc2ccc3cc(-c4ccc5ccc(-c6ccc7c8ccccc8c8cccc9ccc6c7c98)cc5c4)cc4ccc(c1)c2c34. The summed E-state index contributed by atoms with van der Waals surface area (Å²) in [5, 5.41) is 21.2. The molecule has 0 saturated heterocycles. The lowest BCUT2D eigenvalue weighted by atomic mass is 9.83. The molecular weight excluding hydrogens is 601 g/mol. The molecule has 0 aromatic heterocycles. The molecule has 11 aromatic rings. The van der Waals surface area contributed by atoms with Crippen LogP contribution in [0.25, 0.3) is 108 Å². The zero-order valence-corrected chi connectivity index (χ0v) is 28.4. The average molecular weight is 635 g/mol. The molecule has 234 valence electrons. The Morgan fingerprint density at radius 1 is 0.300 bits per heavy atom. The Labute approximate surface area is 290 Å². The molecule has 0 amide bonds. The molecule has 0 aliphatic heterocycles. The Balaban J connectivity index is 1.08. The standard InChI is InChI=1S/C50H34/c1-50(2,3)39-27-35-17-15-33-25-38(26-34-16-18-36(28-39)47(35)46(33)34)31-13-11-29-12-14-32(24-37(29)23-31)40-21-22-45-42-9-5-4-8-41(42)43-10-6-7-30-19-20-44(40)49(45)48(30)43/h4-28H,1-3H3. The topological polar surface area (TPSA) is 0 Å². The van der Waals surface area contributed by atoms with Crippen molar-refractivity contribution in [3.8, 4) is 22.3 Å². The van der Waals surface area contributed by atoms with Gasteiger partial charge in [-0.1, -0.05) is 148 Å². The summed E-state index contributed by atoms with van der Waals surface area (Å²) in [5.41, 5.74) is 6.54. The highest BCUT2D eigenvalue weighted by molar-refractivity contribution is 6.35. The number of hydrogen-bond acceptors (Lipinski definition) is 0. The summed E-state index contributed by atoms with van der Waals surface area (Å²) < 4.78 is 0. The second kappa shape index (κ2) is 9.80. The Kier molecular flexibility index (Phi) is 5.47. The van der Waals surface area contributed by atoms with Gasteiger partial charge < -0.3 is 0 Å². The minimum Gasteiger partial charge on any atom is -0.0616 e. The number of hydrogen-bond donors (Lipinski definition) is 0. The van der Waals surface area contributed by atoms with E-state index in [2.05, 4.69) is 172 Å². The maximum absolute atomic E-state index is 2.39. The van der Waals surface area contributed by atoms with Crippen LogP contribution in [0.2, 0.25) is 0 Å². The van der Waals surface area contributed by atoms with E-state index in [4.69, 9.17) is 0 Å². The lowest BCUT2D eigenvalue weighted by molar-refractivity contribution is 0.591. The van der Waals surface area contributed by atoms with Crippen molar-refractivity contribution in [2.24, 2.45) is 0 Å². The molecular formula is C50H34. The van der Waals surface area contributed by atoms with Crippen LogP contribution in [0.15, 0.2) is 152 Å². The van der Waals surface area contributed by atoms with Gasteiger partial charge in [-0.2, -0.15) is 0 Å². The molecule has 11 aromatic carbocycles. The van der Waals surface area contributed by atoms with Gasteiger partial charge in [-0.15, -0.1) is 0 Å². The minimum atomic E-state index is 0.114. The molecule has 0 nitrogen and oxygen atoms in total. The van der Waals surface area contributed by atoms with Crippen molar-refractivity contribution in [3.63, 3.8) is 0 Å². The van der Waals surface area contributed by atoms with Crippen LogP contribution in [0, 0.1) is 0 Å². The van der Waals surface area contributed by atoms with E-state index in [9.17, 15) is 0 Å². The van der Waals surface area contributed by atoms with Crippen LogP contribution >= 0.6 is 0 Å². The van der Waals surface area contributed by atoms with Crippen molar-refractivity contribution in [2.75, 3.05) is 0 Å². The summed E-state index contributed by atoms with van der Waals surface area (Å²) in [4.78, 5) is 0. The first-order chi connectivity index (χ1) is 24.4. The Morgan fingerprint density at radius 2 is 0.820 bits per heavy atom. The monoisotopic (exact) mass is 634 g/mol. The van der Waals surface area contributed by atoms with Crippen molar-refractivity contribution in [2.45, 2.75) is 26.2 Å². The van der Waals surface area contributed by atoms with Crippen molar-refractivity contribution < 1.29 is 0 Å². The third kappa shape index (κ3) is 3.88. The van der Waals surface area contributed by atoms with Crippen LogP contribution in [0.4, 0.5) is 0 Å². The summed E-state index contributed by atoms with van der Waals surface area (Å²) in [5.74, 6) is 0. The van der Waals surface area contributed by atoms with E-state index in [0.717, 1.165) is 0 Å². The smallest absolute Gasteiger partial charge is 0.00141 e. The molecule has 0 fully saturated rings. The first kappa shape index (κ1) is 27.9. The molecule has 0 bridgehead atoms. The normalized spacial score (nSPS) is 12.7. The summed E-state index contributed by atoms with van der Waals surface area (Å²) in [6, 6.07) is 57.6. The fraction of sp³-hybridized carbons (Fsp3) is 0.0800. The van der Waals surface area contributed by atoms with Crippen LogP contribution in [0.5, 0.6) is 0 Å². The average Bonchev–Trinajstić information content (AvgIpc) is 3.15. The van der Waals surface area contributed by atoms with E-state index in [0.29, 0.717) is 0 Å². The number of benzene rings is 11. The van der Waals surface area contributed by atoms with Crippen LogP contribution in [-0.4, -0.2) is 0 Å². The molecule has 0 aliphatic carbocycles. The first-order valence-corrected chi connectivity index (χ1v) is 17.7. The van der Waals surface area contributed by atoms with Gasteiger partial charge >= 0.3 is 0 Å². The molecule has 0 saturated carbocycles. The molecule has 0 atom stereocenters. The zero-order chi connectivity index (χ0) is 33.3. The predicted octanol–water partition coefficient (Wildman–Crippen LogP) is 14.4. The van der Waals surface area contributed by atoms with Crippen molar-refractivity contribution in [1.82, 2.24) is 0 Å². The third-order valence-corrected chi connectivity index (χ3v) is 11.4. The summed E-state index contributed by atoms with van der Waals surface area (Å²) >= 11 is 0. The van der Waals surface area contributed by atoms with E-state index in [1.165, 1.54) is 114 Å². The van der Waals surface area contributed by atoms with Gasteiger partial charge in [-0.3, -0.25) is 0 Å². The largest absolute Gasteiger partial charge is 0.0616 e. The van der Waals surface area contributed by atoms with E-state index in [1.807, 2.05) is 0 Å². The van der Waals surface area contributed by atoms with Gasteiger partial charge in [0.1, 0.15) is 0 Å². The molecule has 0 N–H and O–H groups in total. The first-order valence-electron chi connectivity index (χ1n) is 17.7. The molecule has 0 unspecified atom stereocenters. The summed E-state index contributed by atoms with van der Waals surface area (Å²) in [6.07, 6.45) is 0. The quantitative estimate of drug-likeness (QED) is 0.131. The molecule has 0 aliphatic rings. The van der Waals surface area contributed by atoms with Gasteiger partial charge in [0, 0.05) is 0 Å². The van der Waals surface area contributed by atoms with E-state index in [-0.39, 0.29) is 5.41 Å². The Morgan fingerprint density at radius 3 is 1.50 bits per heavy atom. The lowest BCUT2D eigenvalue weighted by Crippen LogP contribution is -2.10. The summed E-state index contributed by atoms with van der Waals surface area (Å²) in [7, 11) is 0. The molecule has 0 spiro atoms. The van der Waals surface area contributed by atoms with Crippen LogP contribution in [0.1, 0.15) is 26.3 Å². The Hall–Kier alpha value is -5.98. The highest BCUT2D eigenvalue weighted by Crippen LogP contribution is 2.45. The van der Waals surface area contributed by atoms with Crippen molar-refractivity contribution in [1.29, 1.82) is 0 Å². The van der Waals surface area contributed by atoms with Gasteiger partial charge in [0.25, 0.3) is 0 Å². The molecule has 50 heavy (non-hydrogen) atoms. The van der Waals surface area contributed by atoms with Gasteiger partial charge in [0.05, 0.1) is 0 Å². The maximum Gasteiger partial charge on any atom is -0.00141 e. The highest BCUT2D eigenvalue weighted by Gasteiger charge is 2.19. The number of fused-ring (bicyclic) bond motifs is 4. The minimum absolute atomic E-state index is 0.114. The van der Waals surface area contributed by atoms with Gasteiger partial charge in [-0.25, -0.2) is 0 Å². The molecule has 0 radical (unpaired) electrons. The number of rotatable bonds is 2. The van der Waals surface area contributed by atoms with Crippen LogP contribution in [-0.2, 0) is 5.41 Å². The fourth-order valence-electron chi connectivity index (χ4n) is 8.91. The van der Waals surface area contributed by atoms with Gasteiger partial charge in [-0.05, 0) is 144 Å². The van der Waals surface area contributed by atoms with Crippen molar-refractivity contribution >= 4 is 86.2 Å². The molecule has 0 heterocycles. The van der Waals surface area contributed by atoms with Gasteiger partial charge in [0.2, 0.25) is 0 Å².